The number of halogens is 3. The summed E-state index contributed by atoms with van der Waals surface area (Å²) in [5.41, 5.74) is -1.89. The van der Waals surface area contributed by atoms with Crippen LogP contribution in [0.25, 0.3) is 0 Å². The summed E-state index contributed by atoms with van der Waals surface area (Å²) < 4.78 is 54.1. The zero-order chi connectivity index (χ0) is 23.2. The molecule has 1 aliphatic heterocycles. The Balaban J connectivity index is 2.16. The lowest BCUT2D eigenvalue weighted by Crippen LogP contribution is -2.37. The number of nitrogens with zero attached hydrogens (tertiary/aromatic N) is 1. The first-order chi connectivity index (χ1) is 14.6. The van der Waals surface area contributed by atoms with Gasteiger partial charge in [0.25, 0.3) is 5.56 Å². The van der Waals surface area contributed by atoms with Crippen LogP contribution in [0.5, 0.6) is 0 Å². The maximum atomic E-state index is 12.2. The van der Waals surface area contributed by atoms with Crippen LogP contribution in [0.3, 0.4) is 0 Å². The molecule has 0 aliphatic carbocycles. The van der Waals surface area contributed by atoms with E-state index in [-0.39, 0.29) is 18.6 Å². The minimum Gasteiger partial charge on any atom is -0.394 e. The Labute approximate surface area is 174 Å². The number of hydrogen-bond acceptors (Lipinski definition) is 7. The molecule has 1 amide bonds. The normalized spacial score (nSPS) is 21.9. The molecule has 10 nitrogen and oxygen atoms in total. The van der Waals surface area contributed by atoms with E-state index in [1.807, 2.05) is 4.98 Å². The molecule has 0 bridgehead atoms. The molecule has 1 saturated heterocycles. The van der Waals surface area contributed by atoms with Crippen molar-refractivity contribution in [1.82, 2.24) is 14.9 Å². The number of aliphatic hydroxyl groups is 1. The summed E-state index contributed by atoms with van der Waals surface area (Å²) in [7, 11) is 0. The first kappa shape index (κ1) is 24.6. The van der Waals surface area contributed by atoms with Crippen LogP contribution in [0.1, 0.15) is 32.1 Å². The van der Waals surface area contributed by atoms with E-state index in [2.05, 4.69) is 11.8 Å². The predicted octanol–water partition coefficient (Wildman–Crippen LogP) is -0.386. The second-order valence-electron chi connectivity index (χ2n) is 6.44. The Hall–Kier alpha value is -2.66. The Morgan fingerprint density at radius 2 is 2.19 bits per heavy atom. The number of aromatic amines is 1. The van der Waals surface area contributed by atoms with Crippen LogP contribution >= 0.6 is 0 Å². The van der Waals surface area contributed by atoms with E-state index in [1.165, 1.54) is 0 Å². The van der Waals surface area contributed by atoms with Gasteiger partial charge in [-0.25, -0.2) is 4.79 Å². The highest BCUT2D eigenvalue weighted by Gasteiger charge is 2.39. The van der Waals surface area contributed by atoms with Crippen LogP contribution in [-0.4, -0.2) is 65.0 Å². The van der Waals surface area contributed by atoms with Crippen molar-refractivity contribution in [3.8, 4) is 11.8 Å². The van der Waals surface area contributed by atoms with Gasteiger partial charge in [0.15, 0.2) is 6.29 Å². The zero-order valence-electron chi connectivity index (χ0n) is 16.7. The molecule has 1 unspecified atom stereocenters. The summed E-state index contributed by atoms with van der Waals surface area (Å²) in [6.45, 7) is 2.82. The molecule has 3 N–H and O–H groups in total. The minimum absolute atomic E-state index is 0.156. The number of rotatable bonds is 7. The van der Waals surface area contributed by atoms with Gasteiger partial charge >= 0.3 is 17.8 Å². The fourth-order valence-electron chi connectivity index (χ4n) is 2.85. The van der Waals surface area contributed by atoms with Crippen molar-refractivity contribution < 1.29 is 37.3 Å². The van der Waals surface area contributed by atoms with Crippen LogP contribution in [0.4, 0.5) is 13.2 Å². The Morgan fingerprint density at radius 1 is 1.48 bits per heavy atom. The lowest BCUT2D eigenvalue weighted by molar-refractivity contribution is -0.173. The first-order valence-electron chi connectivity index (χ1n) is 9.29. The topological polar surface area (TPSA) is 132 Å². The van der Waals surface area contributed by atoms with Gasteiger partial charge in [-0.1, -0.05) is 11.8 Å². The predicted molar refractivity (Wildman–Crippen MR) is 98.8 cm³/mol. The fourth-order valence-corrected chi connectivity index (χ4v) is 2.85. The number of carbonyl (C=O) groups is 1. The maximum absolute atomic E-state index is 12.2. The Morgan fingerprint density at radius 3 is 2.81 bits per heavy atom. The second kappa shape index (κ2) is 10.6. The molecule has 31 heavy (non-hydrogen) atoms. The summed E-state index contributed by atoms with van der Waals surface area (Å²) in [4.78, 5) is 36.9. The number of hydrogen-bond donors (Lipinski definition) is 3. The van der Waals surface area contributed by atoms with Crippen molar-refractivity contribution in [2.75, 3.05) is 19.8 Å². The van der Waals surface area contributed by atoms with Gasteiger partial charge in [0.2, 0.25) is 0 Å². The largest absolute Gasteiger partial charge is 0.471 e. The number of H-pyrrole nitrogens is 1. The van der Waals surface area contributed by atoms with Gasteiger partial charge in [-0.15, -0.1) is 0 Å². The highest BCUT2D eigenvalue weighted by molar-refractivity contribution is 5.81. The summed E-state index contributed by atoms with van der Waals surface area (Å²) in [5.74, 6) is 2.35. The number of carbonyl (C=O) groups excluding carboxylic acids is 1. The number of nitrogens with one attached hydrogen (secondary N) is 2. The van der Waals surface area contributed by atoms with E-state index in [1.54, 1.807) is 19.2 Å². The van der Waals surface area contributed by atoms with Gasteiger partial charge in [0, 0.05) is 19.2 Å². The molecule has 1 aliphatic rings. The molecule has 0 radical (unpaired) electrons. The number of ether oxygens (including phenoxy) is 3. The summed E-state index contributed by atoms with van der Waals surface area (Å²) in [6.07, 6.45) is -6.62. The van der Waals surface area contributed by atoms with E-state index < -0.39 is 54.6 Å². The van der Waals surface area contributed by atoms with Crippen molar-refractivity contribution in [3.05, 3.63) is 32.6 Å². The average molecular weight is 449 g/mol. The number of aromatic nitrogens is 2. The van der Waals surface area contributed by atoms with Crippen LogP contribution < -0.4 is 16.6 Å². The van der Waals surface area contributed by atoms with Crippen molar-refractivity contribution in [1.29, 1.82) is 0 Å². The van der Waals surface area contributed by atoms with E-state index in [0.29, 0.717) is 6.61 Å². The van der Waals surface area contributed by atoms with Crippen molar-refractivity contribution in [2.45, 2.75) is 51.2 Å². The van der Waals surface area contributed by atoms with Crippen LogP contribution in [0.2, 0.25) is 0 Å². The third kappa shape index (κ3) is 6.66. The number of amides is 1. The third-order valence-corrected chi connectivity index (χ3v) is 4.22. The van der Waals surface area contributed by atoms with Gasteiger partial charge < -0.3 is 24.6 Å². The van der Waals surface area contributed by atoms with E-state index in [0.717, 1.165) is 10.8 Å². The number of alkyl halides is 3. The van der Waals surface area contributed by atoms with Crippen molar-refractivity contribution in [3.63, 3.8) is 0 Å². The Kier molecular flexibility index (Phi) is 8.40. The van der Waals surface area contributed by atoms with Gasteiger partial charge in [0.05, 0.1) is 19.3 Å². The molecule has 1 aromatic heterocycles. The van der Waals surface area contributed by atoms with Gasteiger partial charge in [-0.05, 0) is 13.8 Å². The third-order valence-electron chi connectivity index (χ3n) is 4.22. The lowest BCUT2D eigenvalue weighted by Gasteiger charge is -2.21. The molecular formula is C18H22F3N3O7. The lowest BCUT2D eigenvalue weighted by atomic mass is 10.2. The standard InChI is InChI=1S/C18H22F3N3O7/c1-3-29-10(2)30-12-7-14(31-13(12)9-25)24-8-11(15(26)23-17(24)28)5-4-6-22-16(27)18(19,20)21/h8,10,12-14,25H,3,6-7,9H2,1-2H3,(H,22,27)(H,23,26,28)/t10-,12?,13+,14+/m0/s1. The highest BCUT2D eigenvalue weighted by atomic mass is 19.4. The molecule has 172 valence electrons. The first-order valence-corrected chi connectivity index (χ1v) is 9.29. The molecular weight excluding hydrogens is 427 g/mol. The minimum atomic E-state index is -5.05. The molecule has 0 saturated carbocycles. The molecule has 1 aromatic rings. The zero-order valence-corrected chi connectivity index (χ0v) is 16.7. The Bertz CT molecular complexity index is 948. The van der Waals surface area contributed by atoms with Crippen molar-refractivity contribution in [2.24, 2.45) is 0 Å². The molecule has 0 aromatic carbocycles. The quantitative estimate of drug-likeness (QED) is 0.382. The molecule has 4 atom stereocenters. The SMILES string of the molecule is CCO[C@H](C)OC1C[C@H](n2cc(C#CCNC(=O)C(F)(F)F)c(=O)[nH]c2=O)O[C@@H]1CO. The van der Waals surface area contributed by atoms with Crippen molar-refractivity contribution >= 4 is 5.91 Å². The van der Waals surface area contributed by atoms with Crippen LogP contribution in [-0.2, 0) is 19.0 Å². The molecule has 2 heterocycles. The van der Waals surface area contributed by atoms with Crippen LogP contribution in [0.15, 0.2) is 15.8 Å². The number of aliphatic hydroxyl groups excluding tert-OH is 1. The van der Waals surface area contributed by atoms with Gasteiger partial charge in [-0.2, -0.15) is 13.2 Å². The fraction of sp³-hybridized carbons (Fsp3) is 0.611. The van der Waals surface area contributed by atoms with E-state index in [9.17, 15) is 32.7 Å². The van der Waals surface area contributed by atoms with E-state index >= 15 is 0 Å². The second-order valence-corrected chi connectivity index (χ2v) is 6.44. The summed E-state index contributed by atoms with van der Waals surface area (Å²) in [6, 6.07) is 0. The molecule has 13 heteroatoms. The van der Waals surface area contributed by atoms with Crippen LogP contribution in [0, 0.1) is 11.8 Å². The summed E-state index contributed by atoms with van der Waals surface area (Å²) >= 11 is 0. The monoisotopic (exact) mass is 449 g/mol. The maximum Gasteiger partial charge on any atom is 0.471 e. The molecule has 0 spiro atoms. The molecule has 1 fully saturated rings. The molecule has 2 rings (SSSR count). The van der Waals surface area contributed by atoms with Gasteiger partial charge in [-0.3, -0.25) is 19.1 Å². The average Bonchev–Trinajstić information content (AvgIpc) is 3.08. The van der Waals surface area contributed by atoms with Gasteiger partial charge in [0.1, 0.15) is 17.9 Å². The smallest absolute Gasteiger partial charge is 0.394 e. The summed E-state index contributed by atoms with van der Waals surface area (Å²) in [5, 5.41) is 11.1. The van der Waals surface area contributed by atoms with E-state index in [4.69, 9.17) is 14.2 Å². The highest BCUT2D eigenvalue weighted by Crippen LogP contribution is 2.30.